The number of halogens is 1. The molecule has 78 valence electrons. The van der Waals surface area contributed by atoms with Crippen LogP contribution in [0.3, 0.4) is 0 Å². The van der Waals surface area contributed by atoms with E-state index in [-0.39, 0.29) is 5.38 Å². The average molecular weight is 214 g/mol. The van der Waals surface area contributed by atoms with Crippen molar-refractivity contribution in [2.75, 3.05) is 18.5 Å². The minimum Gasteiger partial charge on any atom is -0.358 e. The van der Waals surface area contributed by atoms with Gasteiger partial charge in [-0.15, -0.1) is 11.6 Å². The van der Waals surface area contributed by atoms with Gasteiger partial charge in [-0.05, 0) is 13.3 Å². The van der Waals surface area contributed by atoms with E-state index in [9.17, 15) is 0 Å². The smallest absolute Gasteiger partial charge is 0.131 e. The molecule has 3 nitrogen and oxygen atoms in total. The molecule has 0 amide bonds. The van der Waals surface area contributed by atoms with Gasteiger partial charge >= 0.3 is 0 Å². The van der Waals surface area contributed by atoms with Gasteiger partial charge in [0.05, 0.1) is 0 Å². The third-order valence-electron chi connectivity index (χ3n) is 1.99. The molecule has 1 aromatic rings. The fraction of sp³-hybridized carbons (Fsp3) is 0.600. The molecule has 1 heterocycles. The Morgan fingerprint density at radius 1 is 1.50 bits per heavy atom. The molecule has 0 N–H and O–H groups in total. The van der Waals surface area contributed by atoms with Gasteiger partial charge in [-0.2, -0.15) is 0 Å². The predicted octanol–water partition coefficient (Wildman–Crippen LogP) is 2.10. The summed E-state index contributed by atoms with van der Waals surface area (Å²) in [5.41, 5.74) is 1.06. The number of alkyl halides is 1. The van der Waals surface area contributed by atoms with Gasteiger partial charge in [-0.1, -0.05) is 6.92 Å². The summed E-state index contributed by atoms with van der Waals surface area (Å²) in [6, 6.07) is 2.00. The van der Waals surface area contributed by atoms with Gasteiger partial charge in [0.25, 0.3) is 0 Å². The summed E-state index contributed by atoms with van der Waals surface area (Å²) in [6.45, 7) is 4.85. The Morgan fingerprint density at radius 3 is 2.79 bits per heavy atom. The Morgan fingerprint density at radius 2 is 2.21 bits per heavy atom. The highest BCUT2D eigenvalue weighted by Crippen LogP contribution is 2.10. The largest absolute Gasteiger partial charge is 0.358 e. The maximum atomic E-state index is 5.91. The molecule has 0 fully saturated rings. The van der Waals surface area contributed by atoms with Crippen LogP contribution in [0.4, 0.5) is 5.82 Å². The van der Waals surface area contributed by atoms with Crippen molar-refractivity contribution in [1.29, 1.82) is 0 Å². The van der Waals surface area contributed by atoms with E-state index in [2.05, 4.69) is 16.9 Å². The summed E-state index contributed by atoms with van der Waals surface area (Å²) in [4.78, 5) is 10.4. The number of hydrogen-bond acceptors (Lipinski definition) is 3. The van der Waals surface area contributed by atoms with Gasteiger partial charge in [0.1, 0.15) is 12.1 Å². The Balaban J connectivity index is 2.73. The average Bonchev–Trinajstić information content (AvgIpc) is 2.17. The zero-order chi connectivity index (χ0) is 10.6. The van der Waals surface area contributed by atoms with E-state index < -0.39 is 0 Å². The minimum atomic E-state index is 0.125. The number of anilines is 1. The molecular weight excluding hydrogens is 198 g/mol. The van der Waals surface area contributed by atoms with Crippen LogP contribution in [0.2, 0.25) is 0 Å². The highest BCUT2D eigenvalue weighted by molar-refractivity contribution is 6.20. The first-order valence-electron chi connectivity index (χ1n) is 4.79. The van der Waals surface area contributed by atoms with Crippen LogP contribution in [-0.4, -0.2) is 28.9 Å². The Hall–Kier alpha value is -0.830. The topological polar surface area (TPSA) is 29.0 Å². The molecule has 14 heavy (non-hydrogen) atoms. The molecule has 0 bridgehead atoms. The monoisotopic (exact) mass is 213 g/mol. The summed E-state index contributed by atoms with van der Waals surface area (Å²) in [6.07, 6.45) is 2.53. The SMILES string of the molecule is CCc1cc(N(C)CC(C)Cl)ncn1. The molecular formula is C10H16ClN3. The van der Waals surface area contributed by atoms with Crippen LogP contribution in [0.1, 0.15) is 19.5 Å². The molecule has 0 aliphatic heterocycles. The first-order chi connectivity index (χ1) is 6.63. The first kappa shape index (κ1) is 11.2. The molecule has 4 heteroatoms. The van der Waals surface area contributed by atoms with Gasteiger partial charge in [0.2, 0.25) is 0 Å². The number of nitrogens with zero attached hydrogens (tertiary/aromatic N) is 3. The molecule has 0 saturated carbocycles. The van der Waals surface area contributed by atoms with Crippen molar-refractivity contribution in [3.63, 3.8) is 0 Å². The Bertz CT molecular complexity index is 288. The molecule has 0 aliphatic rings. The van der Waals surface area contributed by atoms with Crippen LogP contribution in [-0.2, 0) is 6.42 Å². The first-order valence-corrected chi connectivity index (χ1v) is 5.23. The van der Waals surface area contributed by atoms with E-state index in [1.807, 2.05) is 24.9 Å². The number of aromatic nitrogens is 2. The van der Waals surface area contributed by atoms with Crippen molar-refractivity contribution in [3.8, 4) is 0 Å². The maximum Gasteiger partial charge on any atom is 0.131 e. The van der Waals surface area contributed by atoms with Crippen molar-refractivity contribution in [1.82, 2.24) is 9.97 Å². The van der Waals surface area contributed by atoms with Crippen LogP contribution >= 0.6 is 11.6 Å². The van der Waals surface area contributed by atoms with Crippen LogP contribution in [0, 0.1) is 0 Å². The number of hydrogen-bond donors (Lipinski definition) is 0. The van der Waals surface area contributed by atoms with Crippen molar-refractivity contribution in [2.45, 2.75) is 25.6 Å². The van der Waals surface area contributed by atoms with Gasteiger partial charge in [-0.25, -0.2) is 9.97 Å². The van der Waals surface area contributed by atoms with Crippen molar-refractivity contribution in [2.24, 2.45) is 0 Å². The summed E-state index contributed by atoms with van der Waals surface area (Å²) < 4.78 is 0. The van der Waals surface area contributed by atoms with E-state index in [4.69, 9.17) is 11.6 Å². The summed E-state index contributed by atoms with van der Waals surface area (Å²) in [7, 11) is 1.99. The van der Waals surface area contributed by atoms with Crippen LogP contribution < -0.4 is 4.90 Å². The molecule has 0 radical (unpaired) electrons. The molecule has 1 atom stereocenters. The molecule has 0 aromatic carbocycles. The van der Waals surface area contributed by atoms with Crippen molar-refractivity contribution < 1.29 is 0 Å². The lowest BCUT2D eigenvalue weighted by Crippen LogP contribution is -2.25. The van der Waals surface area contributed by atoms with Gasteiger partial charge in [-0.3, -0.25) is 0 Å². The maximum absolute atomic E-state index is 5.91. The zero-order valence-electron chi connectivity index (χ0n) is 8.87. The van der Waals surface area contributed by atoms with E-state index in [1.54, 1.807) is 6.33 Å². The Kier molecular flexibility index (Phi) is 4.14. The lowest BCUT2D eigenvalue weighted by Gasteiger charge is -2.19. The third kappa shape index (κ3) is 3.14. The summed E-state index contributed by atoms with van der Waals surface area (Å²) in [5, 5.41) is 0.125. The number of aryl methyl sites for hydroxylation is 1. The van der Waals surface area contributed by atoms with Crippen LogP contribution in [0.5, 0.6) is 0 Å². The highest BCUT2D eigenvalue weighted by atomic mass is 35.5. The van der Waals surface area contributed by atoms with Crippen LogP contribution in [0.25, 0.3) is 0 Å². The fourth-order valence-electron chi connectivity index (χ4n) is 1.26. The second-order valence-corrected chi connectivity index (χ2v) is 4.13. The highest BCUT2D eigenvalue weighted by Gasteiger charge is 2.06. The second kappa shape index (κ2) is 5.15. The van der Waals surface area contributed by atoms with Crippen LogP contribution in [0.15, 0.2) is 12.4 Å². The van der Waals surface area contributed by atoms with E-state index in [0.29, 0.717) is 0 Å². The van der Waals surface area contributed by atoms with Crippen molar-refractivity contribution in [3.05, 3.63) is 18.1 Å². The molecule has 0 saturated heterocycles. The summed E-state index contributed by atoms with van der Waals surface area (Å²) in [5.74, 6) is 0.935. The fourth-order valence-corrected chi connectivity index (χ4v) is 1.47. The number of rotatable bonds is 4. The quantitative estimate of drug-likeness (QED) is 0.718. The normalized spacial score (nSPS) is 12.6. The second-order valence-electron chi connectivity index (χ2n) is 3.38. The Labute approximate surface area is 90.1 Å². The van der Waals surface area contributed by atoms with Crippen molar-refractivity contribution >= 4 is 17.4 Å². The lowest BCUT2D eigenvalue weighted by atomic mass is 10.3. The third-order valence-corrected chi connectivity index (χ3v) is 2.13. The van der Waals surface area contributed by atoms with Gasteiger partial charge in [0.15, 0.2) is 0 Å². The predicted molar refractivity (Wildman–Crippen MR) is 60.0 cm³/mol. The lowest BCUT2D eigenvalue weighted by molar-refractivity contribution is 0.835. The molecule has 0 aliphatic carbocycles. The minimum absolute atomic E-state index is 0.125. The standard InChI is InChI=1S/C10H16ClN3/c1-4-9-5-10(13-7-12-9)14(3)6-8(2)11/h5,7-8H,4,6H2,1-3H3. The zero-order valence-corrected chi connectivity index (χ0v) is 9.62. The molecule has 1 aromatic heterocycles. The molecule has 1 unspecified atom stereocenters. The van der Waals surface area contributed by atoms with E-state index in [1.165, 1.54) is 0 Å². The van der Waals surface area contributed by atoms with E-state index in [0.717, 1.165) is 24.5 Å². The van der Waals surface area contributed by atoms with Gasteiger partial charge < -0.3 is 4.90 Å². The molecule has 0 spiro atoms. The molecule has 1 rings (SSSR count). The van der Waals surface area contributed by atoms with Gasteiger partial charge in [0, 0.05) is 30.7 Å². The summed E-state index contributed by atoms with van der Waals surface area (Å²) >= 11 is 5.91. The van der Waals surface area contributed by atoms with E-state index >= 15 is 0 Å².